The van der Waals surface area contributed by atoms with Gasteiger partial charge in [0, 0.05) is 18.2 Å². The van der Waals surface area contributed by atoms with Gasteiger partial charge in [-0.2, -0.15) is 5.10 Å². The van der Waals surface area contributed by atoms with Gasteiger partial charge in [-0.15, -0.1) is 0 Å². The van der Waals surface area contributed by atoms with E-state index in [1.165, 1.54) is 24.3 Å². The van der Waals surface area contributed by atoms with Crippen LogP contribution in [0.2, 0.25) is 0 Å². The highest BCUT2D eigenvalue weighted by Gasteiger charge is 2.30. The second-order valence-electron chi connectivity index (χ2n) is 7.17. The summed E-state index contributed by atoms with van der Waals surface area (Å²) in [6.45, 7) is 2.78. The highest BCUT2D eigenvalue weighted by molar-refractivity contribution is 7.71. The van der Waals surface area contributed by atoms with Gasteiger partial charge in [0.15, 0.2) is 10.6 Å². The van der Waals surface area contributed by atoms with E-state index >= 15 is 0 Å². The Labute approximate surface area is 172 Å². The van der Waals surface area contributed by atoms with Crippen LogP contribution >= 0.6 is 12.2 Å². The molecule has 0 amide bonds. The van der Waals surface area contributed by atoms with Crippen LogP contribution in [0, 0.1) is 22.2 Å². The first-order valence-electron chi connectivity index (χ1n) is 9.59. The lowest BCUT2D eigenvalue weighted by atomic mass is 10.2. The van der Waals surface area contributed by atoms with E-state index in [1.54, 1.807) is 22.9 Å². The Balaban J connectivity index is 1.67. The van der Waals surface area contributed by atoms with Gasteiger partial charge in [-0.1, -0.05) is 25.1 Å². The van der Waals surface area contributed by atoms with Crippen molar-refractivity contribution in [3.63, 3.8) is 0 Å². The van der Waals surface area contributed by atoms with Crippen molar-refractivity contribution in [2.24, 2.45) is 0 Å². The van der Waals surface area contributed by atoms with E-state index in [1.807, 2.05) is 16.4 Å². The van der Waals surface area contributed by atoms with Gasteiger partial charge in [-0.25, -0.2) is 17.9 Å². The molecule has 29 heavy (non-hydrogen) atoms. The molecule has 4 rings (SSSR count). The van der Waals surface area contributed by atoms with E-state index in [9.17, 15) is 13.2 Å². The van der Waals surface area contributed by atoms with E-state index in [0.29, 0.717) is 22.7 Å². The third kappa shape index (κ3) is 4.00. The van der Waals surface area contributed by atoms with Crippen molar-refractivity contribution in [3.05, 3.63) is 70.3 Å². The topological polar surface area (TPSA) is 26.0 Å². The van der Waals surface area contributed by atoms with E-state index < -0.39 is 11.6 Å². The Morgan fingerprint density at radius 3 is 2.31 bits per heavy atom. The molecule has 0 saturated heterocycles. The van der Waals surface area contributed by atoms with Crippen LogP contribution in [0.3, 0.4) is 0 Å². The highest BCUT2D eigenvalue weighted by Crippen LogP contribution is 2.39. The molecule has 0 radical (unpaired) electrons. The molecule has 8 heteroatoms. The third-order valence-electron chi connectivity index (χ3n) is 5.12. The molecule has 1 aromatic heterocycles. The Kier molecular flexibility index (Phi) is 5.56. The minimum absolute atomic E-state index is 0.0109. The number of rotatable bonds is 7. The summed E-state index contributed by atoms with van der Waals surface area (Å²) in [6, 6.07) is 10.5. The molecule has 3 aromatic rings. The van der Waals surface area contributed by atoms with Crippen molar-refractivity contribution in [3.8, 4) is 11.4 Å². The van der Waals surface area contributed by atoms with Crippen LogP contribution in [-0.4, -0.2) is 25.8 Å². The van der Waals surface area contributed by atoms with E-state index in [-0.39, 0.29) is 30.6 Å². The average molecular weight is 418 g/mol. The zero-order valence-electron chi connectivity index (χ0n) is 16.0. The van der Waals surface area contributed by atoms with Gasteiger partial charge < -0.3 is 0 Å². The Hall–Kier alpha value is -2.45. The fraction of sp³-hybridized carbons (Fsp3) is 0.333. The lowest BCUT2D eigenvalue weighted by molar-refractivity contribution is 0.202. The Morgan fingerprint density at radius 2 is 1.69 bits per heavy atom. The molecule has 0 spiro atoms. The van der Waals surface area contributed by atoms with Crippen molar-refractivity contribution < 1.29 is 13.2 Å². The van der Waals surface area contributed by atoms with Crippen LogP contribution in [0.4, 0.5) is 13.2 Å². The van der Waals surface area contributed by atoms with Gasteiger partial charge in [-0.05, 0) is 55.9 Å². The van der Waals surface area contributed by atoms with Crippen LogP contribution < -0.4 is 0 Å². The molecule has 1 fully saturated rings. The average Bonchev–Trinajstić information content (AvgIpc) is 3.49. The lowest BCUT2D eigenvalue weighted by Gasteiger charge is -2.20. The van der Waals surface area contributed by atoms with E-state index in [2.05, 4.69) is 5.10 Å². The van der Waals surface area contributed by atoms with E-state index in [0.717, 1.165) is 12.8 Å². The van der Waals surface area contributed by atoms with Gasteiger partial charge >= 0.3 is 0 Å². The quantitative estimate of drug-likeness (QED) is 0.486. The number of hydrogen-bond donors (Lipinski definition) is 0. The Morgan fingerprint density at radius 1 is 1.03 bits per heavy atom. The molecule has 0 unspecified atom stereocenters. The van der Waals surface area contributed by atoms with Crippen molar-refractivity contribution in [1.29, 1.82) is 0 Å². The van der Waals surface area contributed by atoms with Crippen LogP contribution in [0.15, 0.2) is 42.5 Å². The second kappa shape index (κ2) is 8.12. The summed E-state index contributed by atoms with van der Waals surface area (Å²) >= 11 is 5.62. The van der Waals surface area contributed by atoms with Gasteiger partial charge in [0.05, 0.1) is 12.2 Å². The summed E-state index contributed by atoms with van der Waals surface area (Å²) in [5.74, 6) is -1.03. The summed E-state index contributed by atoms with van der Waals surface area (Å²) in [6.07, 6.45) is 1.94. The maximum Gasteiger partial charge on any atom is 0.199 e. The first kappa shape index (κ1) is 19.8. The largest absolute Gasteiger partial charge is 0.297 e. The second-order valence-corrected chi connectivity index (χ2v) is 7.54. The molecule has 1 aliphatic rings. The number of hydrogen-bond acceptors (Lipinski definition) is 3. The molecule has 2 aromatic carbocycles. The summed E-state index contributed by atoms with van der Waals surface area (Å²) in [5, 5.41) is 4.58. The minimum Gasteiger partial charge on any atom is -0.297 e. The summed E-state index contributed by atoms with van der Waals surface area (Å²) in [7, 11) is 0. The number of aromatic nitrogens is 3. The standard InChI is InChI=1S/C21H21F3N4S/c1-2-26(12-16-18(23)8-5-9-19(16)24)13-27-21(29)28(14-10-11-14)20(25-27)15-6-3-4-7-17(15)22/h3-9,14H,2,10-13H2,1H3. The van der Waals surface area contributed by atoms with Crippen LogP contribution in [0.1, 0.15) is 31.4 Å². The minimum atomic E-state index is -0.581. The van der Waals surface area contributed by atoms with Crippen molar-refractivity contribution in [2.45, 2.75) is 39.0 Å². The highest BCUT2D eigenvalue weighted by atomic mass is 32.1. The van der Waals surface area contributed by atoms with Gasteiger partial charge in [0.25, 0.3) is 0 Å². The summed E-state index contributed by atoms with van der Waals surface area (Å²) < 4.78 is 46.5. The number of halogens is 3. The first-order valence-corrected chi connectivity index (χ1v) is 10.00. The monoisotopic (exact) mass is 418 g/mol. The predicted molar refractivity (Wildman–Crippen MR) is 107 cm³/mol. The summed E-state index contributed by atoms with van der Waals surface area (Å²) in [5.41, 5.74) is 0.407. The molecule has 0 aliphatic heterocycles. The van der Waals surface area contributed by atoms with Gasteiger partial charge in [-0.3, -0.25) is 9.47 Å². The van der Waals surface area contributed by atoms with Crippen LogP contribution in [0.25, 0.3) is 11.4 Å². The predicted octanol–water partition coefficient (Wildman–Crippen LogP) is 5.31. The number of benzene rings is 2. The molecule has 0 N–H and O–H groups in total. The third-order valence-corrected chi connectivity index (χ3v) is 5.53. The molecule has 0 bridgehead atoms. The Bertz CT molecular complexity index is 1070. The molecule has 4 nitrogen and oxygen atoms in total. The molecule has 1 saturated carbocycles. The van der Waals surface area contributed by atoms with Gasteiger partial charge in [0.2, 0.25) is 0 Å². The SMILES string of the molecule is CCN(Cc1c(F)cccc1F)Cn1nc(-c2ccccc2F)n(C2CC2)c1=S. The van der Waals surface area contributed by atoms with Crippen molar-refractivity contribution in [1.82, 2.24) is 19.2 Å². The normalized spacial score (nSPS) is 14.0. The molecular formula is C21H21F3N4S. The molecule has 1 aliphatic carbocycles. The van der Waals surface area contributed by atoms with Crippen LogP contribution in [0.5, 0.6) is 0 Å². The molecular weight excluding hydrogens is 397 g/mol. The zero-order chi connectivity index (χ0) is 20.5. The summed E-state index contributed by atoms with van der Waals surface area (Å²) in [4.78, 5) is 1.84. The first-order chi connectivity index (χ1) is 14.0. The smallest absolute Gasteiger partial charge is 0.199 e. The van der Waals surface area contributed by atoms with Crippen LogP contribution in [-0.2, 0) is 13.2 Å². The molecule has 1 heterocycles. The maximum atomic E-state index is 14.4. The molecule has 0 atom stereocenters. The molecule has 152 valence electrons. The number of nitrogens with zero attached hydrogens (tertiary/aromatic N) is 4. The fourth-order valence-corrected chi connectivity index (χ4v) is 3.69. The lowest BCUT2D eigenvalue weighted by Crippen LogP contribution is -2.27. The van der Waals surface area contributed by atoms with Gasteiger partial charge in [0.1, 0.15) is 17.5 Å². The fourth-order valence-electron chi connectivity index (χ4n) is 3.36. The zero-order valence-corrected chi connectivity index (χ0v) is 16.8. The van der Waals surface area contributed by atoms with Crippen molar-refractivity contribution in [2.75, 3.05) is 6.54 Å². The maximum absolute atomic E-state index is 14.4. The van der Waals surface area contributed by atoms with Crippen molar-refractivity contribution >= 4 is 12.2 Å². The van der Waals surface area contributed by atoms with E-state index in [4.69, 9.17) is 12.2 Å².